The number of hydrogen-bond donors (Lipinski definition) is 1. The smallest absolute Gasteiger partial charge is 0.128 e. The van der Waals surface area contributed by atoms with Gasteiger partial charge in [0.25, 0.3) is 0 Å². The molecule has 1 saturated carbocycles. The summed E-state index contributed by atoms with van der Waals surface area (Å²) in [4.78, 5) is 7.08. The molecule has 1 aliphatic heterocycles. The SMILES string of the molecule is Cc1cc(C)n(Cc2ccc(N3CCC[C@]4(CCC[C@H]4O)C3)nc2)n1. The minimum atomic E-state index is -0.138. The molecule has 25 heavy (non-hydrogen) atoms. The molecule has 0 unspecified atom stereocenters. The number of aryl methyl sites for hydroxylation is 2. The molecule has 0 radical (unpaired) electrons. The van der Waals surface area contributed by atoms with Crippen molar-refractivity contribution in [2.45, 2.75) is 58.6 Å². The first-order valence-electron chi connectivity index (χ1n) is 9.45. The average Bonchev–Trinajstić information content (AvgIpc) is 3.10. The van der Waals surface area contributed by atoms with Crippen molar-refractivity contribution in [3.63, 3.8) is 0 Å². The van der Waals surface area contributed by atoms with Crippen LogP contribution in [0.5, 0.6) is 0 Å². The predicted molar refractivity (Wildman–Crippen MR) is 98.8 cm³/mol. The van der Waals surface area contributed by atoms with Crippen LogP contribution in [0, 0.1) is 19.3 Å². The largest absolute Gasteiger partial charge is 0.392 e. The molecule has 4 rings (SSSR count). The standard InChI is InChI=1S/C20H28N4O/c1-15-11-16(2)24(22-15)13-17-6-7-19(21-12-17)23-10-4-9-20(14-23)8-3-5-18(20)25/h6-7,11-12,18,25H,3-5,8-10,13-14H2,1-2H3/t18-,20-/m1/s1. The van der Waals surface area contributed by atoms with E-state index in [1.807, 2.05) is 17.8 Å². The van der Waals surface area contributed by atoms with Crippen molar-refractivity contribution in [3.05, 3.63) is 41.3 Å². The first-order valence-corrected chi connectivity index (χ1v) is 9.45. The lowest BCUT2D eigenvalue weighted by atomic mass is 9.77. The quantitative estimate of drug-likeness (QED) is 0.933. The number of anilines is 1. The Morgan fingerprint density at radius 2 is 2.08 bits per heavy atom. The van der Waals surface area contributed by atoms with Crippen molar-refractivity contribution in [1.29, 1.82) is 0 Å². The van der Waals surface area contributed by atoms with Crippen LogP contribution in [0.1, 0.15) is 49.1 Å². The fourth-order valence-electron chi connectivity index (χ4n) is 4.66. The number of aromatic nitrogens is 3. The molecule has 2 aromatic heterocycles. The van der Waals surface area contributed by atoms with Crippen LogP contribution in [0.2, 0.25) is 0 Å². The lowest BCUT2D eigenvalue weighted by molar-refractivity contribution is 0.0408. The highest BCUT2D eigenvalue weighted by Gasteiger charge is 2.44. The molecule has 1 spiro atoms. The van der Waals surface area contributed by atoms with Crippen LogP contribution in [-0.4, -0.2) is 39.1 Å². The molecule has 2 aliphatic rings. The van der Waals surface area contributed by atoms with E-state index in [1.54, 1.807) is 0 Å². The summed E-state index contributed by atoms with van der Waals surface area (Å²) in [7, 11) is 0. The zero-order valence-electron chi connectivity index (χ0n) is 15.3. The number of aliphatic hydroxyl groups is 1. The Morgan fingerprint density at radius 1 is 1.24 bits per heavy atom. The van der Waals surface area contributed by atoms with Crippen molar-refractivity contribution >= 4 is 5.82 Å². The third kappa shape index (κ3) is 3.17. The van der Waals surface area contributed by atoms with Gasteiger partial charge in [0.1, 0.15) is 5.82 Å². The van der Waals surface area contributed by atoms with Crippen LogP contribution in [0.3, 0.4) is 0 Å². The van der Waals surface area contributed by atoms with Gasteiger partial charge in [-0.2, -0.15) is 5.10 Å². The highest BCUT2D eigenvalue weighted by atomic mass is 16.3. The number of aliphatic hydroxyl groups excluding tert-OH is 1. The van der Waals surface area contributed by atoms with Crippen molar-refractivity contribution in [2.24, 2.45) is 5.41 Å². The maximum absolute atomic E-state index is 10.4. The molecule has 0 aromatic carbocycles. The second-order valence-corrected chi connectivity index (χ2v) is 7.90. The maximum atomic E-state index is 10.4. The molecule has 1 aliphatic carbocycles. The fraction of sp³-hybridized carbons (Fsp3) is 0.600. The van der Waals surface area contributed by atoms with Gasteiger partial charge in [-0.1, -0.05) is 12.5 Å². The summed E-state index contributed by atoms with van der Waals surface area (Å²) in [6.07, 6.45) is 7.40. The summed E-state index contributed by atoms with van der Waals surface area (Å²) in [5.74, 6) is 1.04. The number of nitrogens with zero attached hydrogens (tertiary/aromatic N) is 4. The highest BCUT2D eigenvalue weighted by Crippen LogP contribution is 2.45. The van der Waals surface area contributed by atoms with Gasteiger partial charge in [0.05, 0.1) is 18.3 Å². The van der Waals surface area contributed by atoms with Gasteiger partial charge in [-0.05, 0) is 57.2 Å². The molecule has 5 nitrogen and oxygen atoms in total. The van der Waals surface area contributed by atoms with Crippen LogP contribution < -0.4 is 4.90 Å². The molecule has 3 heterocycles. The Morgan fingerprint density at radius 3 is 2.72 bits per heavy atom. The van der Waals surface area contributed by atoms with Gasteiger partial charge in [-0.15, -0.1) is 0 Å². The van der Waals surface area contributed by atoms with E-state index in [-0.39, 0.29) is 11.5 Å². The van der Waals surface area contributed by atoms with Crippen LogP contribution in [0.15, 0.2) is 24.4 Å². The number of piperidine rings is 1. The number of rotatable bonds is 3. The first-order chi connectivity index (χ1) is 12.1. The second-order valence-electron chi connectivity index (χ2n) is 7.90. The van der Waals surface area contributed by atoms with Crippen LogP contribution >= 0.6 is 0 Å². The number of pyridine rings is 1. The zero-order chi connectivity index (χ0) is 17.4. The van der Waals surface area contributed by atoms with Gasteiger partial charge in [0.2, 0.25) is 0 Å². The Kier molecular flexibility index (Phi) is 4.28. The second kappa shape index (κ2) is 6.45. The molecule has 2 atom stereocenters. The van der Waals surface area contributed by atoms with E-state index in [9.17, 15) is 5.11 Å². The topological polar surface area (TPSA) is 54.2 Å². The minimum Gasteiger partial charge on any atom is -0.392 e. The fourth-order valence-corrected chi connectivity index (χ4v) is 4.66. The summed E-state index contributed by atoms with van der Waals surface area (Å²) in [5.41, 5.74) is 3.50. The summed E-state index contributed by atoms with van der Waals surface area (Å²) in [6, 6.07) is 6.38. The van der Waals surface area contributed by atoms with Gasteiger partial charge < -0.3 is 10.0 Å². The van der Waals surface area contributed by atoms with Gasteiger partial charge in [-0.3, -0.25) is 4.68 Å². The lowest BCUT2D eigenvalue weighted by Gasteiger charge is -2.43. The van der Waals surface area contributed by atoms with E-state index >= 15 is 0 Å². The van der Waals surface area contributed by atoms with E-state index in [4.69, 9.17) is 4.98 Å². The molecule has 1 saturated heterocycles. The first kappa shape index (κ1) is 16.6. The highest BCUT2D eigenvalue weighted by molar-refractivity contribution is 5.40. The van der Waals surface area contributed by atoms with Crippen molar-refractivity contribution < 1.29 is 5.11 Å². The summed E-state index contributed by atoms with van der Waals surface area (Å²) in [5, 5.41) is 15.0. The molecule has 2 aromatic rings. The monoisotopic (exact) mass is 340 g/mol. The van der Waals surface area contributed by atoms with Gasteiger partial charge >= 0.3 is 0 Å². The van der Waals surface area contributed by atoms with Crippen LogP contribution in [-0.2, 0) is 6.54 Å². The summed E-state index contributed by atoms with van der Waals surface area (Å²) >= 11 is 0. The molecule has 0 amide bonds. The Balaban J connectivity index is 1.47. The Labute approximate surface area is 149 Å². The van der Waals surface area contributed by atoms with Crippen molar-refractivity contribution in [2.75, 3.05) is 18.0 Å². The lowest BCUT2D eigenvalue weighted by Crippen LogP contribution is -2.47. The van der Waals surface area contributed by atoms with Gasteiger partial charge in [0, 0.05) is 30.4 Å². The summed E-state index contributed by atoms with van der Waals surface area (Å²) in [6.45, 7) is 6.85. The molecule has 1 N–H and O–H groups in total. The van der Waals surface area contributed by atoms with E-state index < -0.39 is 0 Å². The van der Waals surface area contributed by atoms with Crippen LogP contribution in [0.25, 0.3) is 0 Å². The molecular weight excluding hydrogens is 312 g/mol. The summed E-state index contributed by atoms with van der Waals surface area (Å²) < 4.78 is 2.02. The maximum Gasteiger partial charge on any atom is 0.128 e. The molecular formula is C20H28N4O. The normalized spacial score (nSPS) is 26.5. The van der Waals surface area contributed by atoms with Gasteiger partial charge in [0.15, 0.2) is 0 Å². The Bertz CT molecular complexity index is 739. The van der Waals surface area contributed by atoms with E-state index in [0.29, 0.717) is 0 Å². The van der Waals surface area contributed by atoms with E-state index in [1.165, 1.54) is 11.3 Å². The Hall–Kier alpha value is -1.88. The third-order valence-corrected chi connectivity index (χ3v) is 6.04. The average molecular weight is 340 g/mol. The van der Waals surface area contributed by atoms with E-state index in [0.717, 1.165) is 63.3 Å². The minimum absolute atomic E-state index is 0.0995. The molecule has 134 valence electrons. The molecule has 0 bridgehead atoms. The third-order valence-electron chi connectivity index (χ3n) is 6.04. The molecule has 2 fully saturated rings. The van der Waals surface area contributed by atoms with Crippen LogP contribution in [0.4, 0.5) is 5.82 Å². The van der Waals surface area contributed by atoms with Crippen molar-refractivity contribution in [3.8, 4) is 0 Å². The molecule has 5 heteroatoms. The van der Waals surface area contributed by atoms with Gasteiger partial charge in [-0.25, -0.2) is 4.98 Å². The number of hydrogen-bond acceptors (Lipinski definition) is 4. The zero-order valence-corrected chi connectivity index (χ0v) is 15.3. The predicted octanol–water partition coefficient (Wildman–Crippen LogP) is 3.07. The van der Waals surface area contributed by atoms with E-state index in [2.05, 4.69) is 35.1 Å². The van der Waals surface area contributed by atoms with Crippen molar-refractivity contribution in [1.82, 2.24) is 14.8 Å².